The monoisotopic (exact) mass is 820 g/mol. The predicted octanol–water partition coefficient (Wildman–Crippen LogP) is 13.8. The first-order chi connectivity index (χ1) is 27.6. The number of hydrogen-bond acceptors (Lipinski definition) is 6. The van der Waals surface area contributed by atoms with E-state index in [-0.39, 0.29) is 33.7 Å². The maximum Gasteiger partial charge on any atom is 0.230 e. The van der Waals surface area contributed by atoms with Crippen molar-refractivity contribution in [2.45, 2.75) is 166 Å². The number of para-hydroxylation sites is 2. The number of carbonyl (C=O) groups excluding carboxylic acids is 4. The molecule has 57 heavy (non-hydrogen) atoms. The number of rotatable bonds is 16. The second-order valence-electron chi connectivity index (χ2n) is 16.7. The van der Waals surface area contributed by atoms with Crippen LogP contribution in [0.5, 0.6) is 0 Å². The Kier molecular flexibility index (Phi) is 19.9. The Morgan fingerprint density at radius 3 is 1.44 bits per heavy atom. The van der Waals surface area contributed by atoms with Gasteiger partial charge in [-0.3, -0.25) is 19.2 Å². The largest absolute Gasteiger partial charge is 0.325 e. The lowest BCUT2D eigenvalue weighted by Crippen LogP contribution is -2.39. The van der Waals surface area contributed by atoms with E-state index in [1.54, 1.807) is 18.2 Å². The van der Waals surface area contributed by atoms with E-state index in [0.717, 1.165) is 138 Å². The van der Waals surface area contributed by atoms with Crippen molar-refractivity contribution in [3.8, 4) is 0 Å². The third-order valence-electron chi connectivity index (χ3n) is 12.9. The Balaban J connectivity index is 0.000000257. The van der Waals surface area contributed by atoms with Crippen molar-refractivity contribution in [2.24, 2.45) is 28.6 Å². The highest BCUT2D eigenvalue weighted by Gasteiger charge is 2.42. The van der Waals surface area contributed by atoms with Gasteiger partial charge in [0.15, 0.2) is 11.8 Å². The Morgan fingerprint density at radius 2 is 1.04 bits per heavy atom. The number of amides is 2. The van der Waals surface area contributed by atoms with Crippen LogP contribution in [-0.4, -0.2) is 28.7 Å². The van der Waals surface area contributed by atoms with E-state index in [1.807, 2.05) is 30.3 Å². The molecule has 0 unspecified atom stereocenters. The lowest BCUT2D eigenvalue weighted by atomic mass is 9.67. The number of carbonyl (C=O) groups is 4. The van der Waals surface area contributed by atoms with E-state index in [2.05, 4.69) is 50.5 Å². The molecule has 6 nitrogen and oxygen atoms in total. The second-order valence-corrected chi connectivity index (χ2v) is 18.9. The van der Waals surface area contributed by atoms with Gasteiger partial charge in [-0.15, -0.1) is 0 Å². The Hall–Kier alpha value is -2.91. The van der Waals surface area contributed by atoms with Crippen molar-refractivity contribution in [1.82, 2.24) is 0 Å². The lowest BCUT2D eigenvalue weighted by Gasteiger charge is -2.38. The summed E-state index contributed by atoms with van der Waals surface area (Å²) in [6.07, 6.45) is 25.2. The fourth-order valence-corrected chi connectivity index (χ4v) is 10.8. The van der Waals surface area contributed by atoms with Crippen LogP contribution in [0.15, 0.2) is 70.5 Å². The normalized spacial score (nSPS) is 17.9. The molecule has 2 aromatic carbocycles. The molecule has 3 aliphatic carbocycles. The summed E-state index contributed by atoms with van der Waals surface area (Å²) in [5.74, 6) is 1.47. The highest BCUT2D eigenvalue weighted by Crippen LogP contribution is 2.46. The molecule has 0 saturated heterocycles. The van der Waals surface area contributed by atoms with E-state index < -0.39 is 11.8 Å². The zero-order valence-corrected chi connectivity index (χ0v) is 36.8. The molecule has 0 aliphatic heterocycles. The summed E-state index contributed by atoms with van der Waals surface area (Å²) in [7, 11) is 0. The summed E-state index contributed by atoms with van der Waals surface area (Å²) in [6.45, 7) is 7.85. The average molecular weight is 821 g/mol. The Labute approximate surface area is 351 Å². The summed E-state index contributed by atoms with van der Waals surface area (Å²) in [5, 5.41) is 6.03. The van der Waals surface area contributed by atoms with Gasteiger partial charge in [0.2, 0.25) is 16.9 Å². The van der Waals surface area contributed by atoms with Crippen LogP contribution in [0.1, 0.15) is 156 Å². The third kappa shape index (κ3) is 13.8. The number of allylic oxidation sites excluding steroid dienone is 2. The SMILES string of the molecule is CCC(CC)CC1(C(=O)Nc2ccccc2SC(=O)C2CCC=CCC2)CCCCC1.CCC(CC)CC1(C(=O)Nc2ccccc2SC(=O)CF)CCCCC1. The minimum Gasteiger partial charge on any atom is -0.325 e. The van der Waals surface area contributed by atoms with E-state index in [1.165, 1.54) is 24.6 Å². The molecule has 2 aromatic rings. The quantitative estimate of drug-likeness (QED) is 0.129. The molecule has 0 aromatic heterocycles. The number of benzene rings is 2. The highest BCUT2D eigenvalue weighted by molar-refractivity contribution is 8.14. The van der Waals surface area contributed by atoms with Gasteiger partial charge in [0.25, 0.3) is 0 Å². The zero-order chi connectivity index (χ0) is 41.1. The van der Waals surface area contributed by atoms with Crippen molar-refractivity contribution in [1.29, 1.82) is 0 Å². The van der Waals surface area contributed by atoms with Crippen LogP contribution in [0.2, 0.25) is 0 Å². The number of nitrogens with one attached hydrogen (secondary N) is 2. The minimum absolute atomic E-state index is 0.0600. The number of hydrogen-bond donors (Lipinski definition) is 2. The van der Waals surface area contributed by atoms with Gasteiger partial charge in [-0.2, -0.15) is 0 Å². The van der Waals surface area contributed by atoms with Crippen LogP contribution in [0.3, 0.4) is 0 Å². The van der Waals surface area contributed by atoms with Gasteiger partial charge in [-0.1, -0.05) is 128 Å². The van der Waals surface area contributed by atoms with Crippen LogP contribution in [0.25, 0.3) is 0 Å². The van der Waals surface area contributed by atoms with Crippen LogP contribution < -0.4 is 10.6 Å². The van der Waals surface area contributed by atoms with Crippen molar-refractivity contribution in [2.75, 3.05) is 17.3 Å². The van der Waals surface area contributed by atoms with E-state index in [0.29, 0.717) is 22.4 Å². The van der Waals surface area contributed by atoms with E-state index >= 15 is 0 Å². The maximum absolute atomic E-state index is 13.6. The molecule has 9 heteroatoms. The Morgan fingerprint density at radius 1 is 0.632 bits per heavy atom. The fourth-order valence-electron chi connectivity index (χ4n) is 9.14. The van der Waals surface area contributed by atoms with Gasteiger partial charge in [0, 0.05) is 26.5 Å². The lowest BCUT2D eigenvalue weighted by molar-refractivity contribution is -0.129. The first kappa shape index (κ1) is 46.8. The number of anilines is 2. The van der Waals surface area contributed by atoms with Crippen LogP contribution in [-0.2, 0) is 19.2 Å². The molecule has 0 heterocycles. The molecule has 2 fully saturated rings. The predicted molar refractivity (Wildman–Crippen MR) is 237 cm³/mol. The molecule has 2 saturated carbocycles. The highest BCUT2D eigenvalue weighted by atomic mass is 32.2. The van der Waals surface area contributed by atoms with Gasteiger partial charge in [0.05, 0.1) is 11.4 Å². The van der Waals surface area contributed by atoms with Crippen molar-refractivity contribution in [3.63, 3.8) is 0 Å². The van der Waals surface area contributed by atoms with Crippen LogP contribution in [0, 0.1) is 28.6 Å². The summed E-state index contributed by atoms with van der Waals surface area (Å²) >= 11 is 2.17. The Bertz CT molecular complexity index is 1600. The standard InChI is InChI=1S/C27H39NO2S.C21H30FNO2S/c1-3-21(4-2)20-27(18-12-7-13-19-27)26(30)28-23-16-10-11-17-24(23)31-25(29)22-14-8-5-6-9-15-22;1-3-16(4-2)14-21(12-8-5-9-13-21)20(25)23-17-10-6-7-11-18(17)26-19(24)15-22/h5-6,10-11,16-17,21-22H,3-4,7-9,12-15,18-20H2,1-2H3,(H,28,30);6-7,10-11,16H,3-5,8-9,12-15H2,1-2H3,(H,23,25). The fraction of sp³-hybridized carbons (Fsp3) is 0.625. The zero-order valence-electron chi connectivity index (χ0n) is 35.2. The smallest absolute Gasteiger partial charge is 0.230 e. The number of thioether (sulfide) groups is 2. The molecule has 5 rings (SSSR count). The van der Waals surface area contributed by atoms with Gasteiger partial charge in [0.1, 0.15) is 0 Å². The van der Waals surface area contributed by atoms with Gasteiger partial charge < -0.3 is 10.6 Å². The number of halogens is 1. The van der Waals surface area contributed by atoms with E-state index in [9.17, 15) is 23.6 Å². The molecular weight excluding hydrogens is 752 g/mol. The van der Waals surface area contributed by atoms with Crippen LogP contribution in [0.4, 0.5) is 15.8 Å². The van der Waals surface area contributed by atoms with Crippen molar-refractivity contribution >= 4 is 56.9 Å². The maximum atomic E-state index is 13.6. The molecule has 2 amide bonds. The first-order valence-electron chi connectivity index (χ1n) is 22.1. The second kappa shape index (κ2) is 24.2. The van der Waals surface area contributed by atoms with E-state index in [4.69, 9.17) is 0 Å². The summed E-state index contributed by atoms with van der Waals surface area (Å²) in [4.78, 5) is 52.9. The average Bonchev–Trinajstić information content (AvgIpc) is 3.54. The molecule has 3 aliphatic rings. The van der Waals surface area contributed by atoms with Crippen molar-refractivity contribution in [3.05, 3.63) is 60.7 Å². The minimum atomic E-state index is -1.01. The van der Waals surface area contributed by atoms with Crippen LogP contribution >= 0.6 is 23.5 Å². The molecule has 314 valence electrons. The van der Waals surface area contributed by atoms with Gasteiger partial charge in [-0.25, -0.2) is 4.39 Å². The molecule has 2 N–H and O–H groups in total. The van der Waals surface area contributed by atoms with Gasteiger partial charge >= 0.3 is 0 Å². The molecule has 0 radical (unpaired) electrons. The summed E-state index contributed by atoms with van der Waals surface area (Å²) < 4.78 is 12.6. The molecule has 0 bridgehead atoms. The summed E-state index contributed by atoms with van der Waals surface area (Å²) in [5.41, 5.74) is 0.825. The van der Waals surface area contributed by atoms with Gasteiger partial charge in [-0.05, 0) is 124 Å². The molecule has 0 spiro atoms. The summed E-state index contributed by atoms with van der Waals surface area (Å²) in [6, 6.07) is 15.0. The molecule has 0 atom stereocenters. The first-order valence-corrected chi connectivity index (χ1v) is 23.7. The molecular formula is C48H69FN2O4S2. The topological polar surface area (TPSA) is 92.3 Å². The van der Waals surface area contributed by atoms with Crippen molar-refractivity contribution < 1.29 is 23.6 Å². The third-order valence-corrected chi connectivity index (χ3v) is 15.0. The number of alkyl halides is 1.